The van der Waals surface area contributed by atoms with E-state index in [0.29, 0.717) is 19.3 Å². The van der Waals surface area contributed by atoms with Gasteiger partial charge in [-0.2, -0.15) is 0 Å². The summed E-state index contributed by atoms with van der Waals surface area (Å²) in [5.74, 6) is -1.64. The molecule has 18 heteroatoms. The molecule has 0 amide bonds. The summed E-state index contributed by atoms with van der Waals surface area (Å²) in [5, 5.41) is 20.5. The average Bonchev–Trinajstić information content (AvgIpc) is 3.51. The first-order valence-corrected chi connectivity index (χ1v) is 34.8. The van der Waals surface area contributed by atoms with Crippen molar-refractivity contribution < 1.29 is 75.8 Å². The second kappa shape index (κ2) is 60.2. The Morgan fingerprint density at radius 3 is 0.988 bits per heavy atom. The van der Waals surface area contributed by atoms with Crippen LogP contribution in [-0.2, 0) is 55.8 Å². The van der Waals surface area contributed by atoms with Crippen LogP contribution in [0.25, 0.3) is 0 Å². The number of aliphatic hydroxyl groups excluding tert-OH is 2. The Hall–Kier alpha value is -4.05. The van der Waals surface area contributed by atoms with Gasteiger partial charge < -0.3 is 34.2 Å². The highest BCUT2D eigenvalue weighted by atomic mass is 31.2. The summed E-state index contributed by atoms with van der Waals surface area (Å²) in [4.78, 5) is 58.2. The minimum atomic E-state index is -4.93. The van der Waals surface area contributed by atoms with Crippen molar-refractivity contribution in [3.05, 3.63) is 122 Å². The topological polar surface area (TPSA) is 231 Å². The van der Waals surface area contributed by atoms with E-state index < -0.39 is 91.5 Å². The molecule has 85 heavy (non-hydrogen) atoms. The summed E-state index contributed by atoms with van der Waals surface area (Å²) < 4.78 is 60.7. The third-order valence-electron chi connectivity index (χ3n) is 12.6. The summed E-state index contributed by atoms with van der Waals surface area (Å²) in [6, 6.07) is 0. The van der Waals surface area contributed by atoms with E-state index in [2.05, 4.69) is 142 Å². The van der Waals surface area contributed by atoms with Crippen molar-refractivity contribution in [1.82, 2.24) is 0 Å². The van der Waals surface area contributed by atoms with E-state index in [-0.39, 0.29) is 19.3 Å². The summed E-state index contributed by atoms with van der Waals surface area (Å²) in [5.41, 5.74) is 0. The number of phosphoric ester groups is 2. The lowest BCUT2D eigenvalue weighted by Crippen LogP contribution is -2.30. The van der Waals surface area contributed by atoms with Gasteiger partial charge in [0.2, 0.25) is 0 Å². The average molecular weight is 1240 g/mol. The van der Waals surface area contributed by atoms with Gasteiger partial charge in [0.05, 0.1) is 26.4 Å². The minimum Gasteiger partial charge on any atom is -0.463 e. The van der Waals surface area contributed by atoms with E-state index in [1.54, 1.807) is 0 Å². The van der Waals surface area contributed by atoms with Crippen LogP contribution in [0.1, 0.15) is 226 Å². The number of esters is 3. The number of rotatable bonds is 59. The minimum absolute atomic E-state index is 0.0809. The van der Waals surface area contributed by atoms with Crippen LogP contribution in [0.15, 0.2) is 122 Å². The first kappa shape index (κ1) is 81.0. The highest BCUT2D eigenvalue weighted by Gasteiger charge is 2.29. The molecule has 0 aliphatic carbocycles. The van der Waals surface area contributed by atoms with E-state index in [1.165, 1.54) is 0 Å². The third-order valence-corrected chi connectivity index (χ3v) is 14.5. The first-order chi connectivity index (χ1) is 41.2. The number of phosphoric acid groups is 2. The van der Waals surface area contributed by atoms with E-state index >= 15 is 0 Å². The van der Waals surface area contributed by atoms with Crippen LogP contribution < -0.4 is 0 Å². The van der Waals surface area contributed by atoms with Gasteiger partial charge in [0.25, 0.3) is 0 Å². The Bertz CT molecular complexity index is 2040. The van der Waals surface area contributed by atoms with E-state index in [4.69, 9.17) is 32.3 Å². The fourth-order valence-corrected chi connectivity index (χ4v) is 9.41. The molecule has 0 radical (unpaired) electrons. The molecule has 4 N–H and O–H groups in total. The van der Waals surface area contributed by atoms with Crippen LogP contribution in [0.2, 0.25) is 0 Å². The largest absolute Gasteiger partial charge is 0.472 e. The highest BCUT2D eigenvalue weighted by Crippen LogP contribution is 2.45. The summed E-state index contributed by atoms with van der Waals surface area (Å²) in [7, 11) is -9.79. The van der Waals surface area contributed by atoms with Crippen LogP contribution in [0.4, 0.5) is 0 Å². The lowest BCUT2D eigenvalue weighted by molar-refractivity contribution is -0.161. The summed E-state index contributed by atoms with van der Waals surface area (Å²) >= 11 is 0. The molecule has 0 aliphatic rings. The zero-order chi connectivity index (χ0) is 62.4. The number of unbranched alkanes of at least 4 members (excludes halogenated alkanes) is 16. The van der Waals surface area contributed by atoms with E-state index in [0.717, 1.165) is 167 Å². The molecule has 0 aromatic rings. The number of aliphatic hydroxyl groups is 2. The molecule has 0 fully saturated rings. The van der Waals surface area contributed by atoms with Crippen molar-refractivity contribution in [1.29, 1.82) is 0 Å². The number of carbonyl (C=O) groups is 3. The second-order valence-electron chi connectivity index (χ2n) is 20.8. The third kappa shape index (κ3) is 61.4. The van der Waals surface area contributed by atoms with E-state index in [1.807, 2.05) is 0 Å². The Morgan fingerprint density at radius 2 is 0.624 bits per heavy atom. The van der Waals surface area contributed by atoms with E-state index in [9.17, 15) is 43.5 Å². The molecule has 5 unspecified atom stereocenters. The Balaban J connectivity index is 4.66. The van der Waals surface area contributed by atoms with Crippen molar-refractivity contribution >= 4 is 33.6 Å². The van der Waals surface area contributed by atoms with Crippen LogP contribution in [-0.4, -0.2) is 95.9 Å². The lowest BCUT2D eigenvalue weighted by Gasteiger charge is -2.21. The predicted molar refractivity (Wildman–Crippen MR) is 343 cm³/mol. The van der Waals surface area contributed by atoms with Gasteiger partial charge in [0.1, 0.15) is 25.4 Å². The maximum absolute atomic E-state index is 12.9. The van der Waals surface area contributed by atoms with Gasteiger partial charge in [-0.25, -0.2) is 9.13 Å². The molecule has 5 atom stereocenters. The Kier molecular flexibility index (Phi) is 57.4. The van der Waals surface area contributed by atoms with Crippen molar-refractivity contribution in [2.24, 2.45) is 0 Å². The zero-order valence-corrected chi connectivity index (χ0v) is 54.0. The number of ether oxygens (including phenoxy) is 3. The zero-order valence-electron chi connectivity index (χ0n) is 52.2. The number of carbonyl (C=O) groups excluding carboxylic acids is 3. The van der Waals surface area contributed by atoms with Crippen molar-refractivity contribution in [2.75, 3.05) is 39.6 Å². The molecule has 0 aromatic carbocycles. The predicted octanol–water partition coefficient (Wildman–Crippen LogP) is 17.1. The lowest BCUT2D eigenvalue weighted by atomic mass is 10.1. The normalized spacial score (nSPS) is 15.1. The Morgan fingerprint density at radius 1 is 0.341 bits per heavy atom. The van der Waals surface area contributed by atoms with Gasteiger partial charge in [0.15, 0.2) is 6.10 Å². The van der Waals surface area contributed by atoms with Crippen molar-refractivity contribution in [3.63, 3.8) is 0 Å². The fourth-order valence-electron chi connectivity index (χ4n) is 7.82. The molecular formula is C67H112O16P2. The van der Waals surface area contributed by atoms with Crippen molar-refractivity contribution in [3.8, 4) is 0 Å². The van der Waals surface area contributed by atoms with Crippen molar-refractivity contribution in [2.45, 2.75) is 245 Å². The maximum atomic E-state index is 12.9. The van der Waals surface area contributed by atoms with Gasteiger partial charge in [-0.15, -0.1) is 0 Å². The van der Waals surface area contributed by atoms with Crippen LogP contribution in [0.3, 0.4) is 0 Å². The number of hydrogen-bond acceptors (Lipinski definition) is 14. The number of allylic oxidation sites excluding steroid dienone is 20. The van der Waals surface area contributed by atoms with Gasteiger partial charge >= 0.3 is 33.6 Å². The second-order valence-corrected chi connectivity index (χ2v) is 23.7. The first-order valence-electron chi connectivity index (χ1n) is 31.8. The Labute approximate surface area is 512 Å². The van der Waals surface area contributed by atoms with Crippen LogP contribution in [0.5, 0.6) is 0 Å². The molecule has 486 valence electrons. The van der Waals surface area contributed by atoms with Crippen LogP contribution in [0, 0.1) is 0 Å². The monoisotopic (exact) mass is 1230 g/mol. The molecule has 0 aliphatic heterocycles. The molecule has 0 aromatic heterocycles. The number of hydrogen-bond donors (Lipinski definition) is 4. The molecule has 0 bridgehead atoms. The smallest absolute Gasteiger partial charge is 0.463 e. The molecule has 0 heterocycles. The molecular weight excluding hydrogens is 1120 g/mol. The molecule has 0 saturated heterocycles. The molecule has 16 nitrogen and oxygen atoms in total. The molecule has 0 saturated carbocycles. The van der Waals surface area contributed by atoms with Gasteiger partial charge in [-0.05, 0) is 122 Å². The standard InChI is InChI=1S/C67H112O16P2/c1-4-7-10-13-16-19-22-25-27-28-29-30-31-32-34-37-38-41-44-47-50-53-65(70)77-56-62(68)57-79-84(73,74)80-58-63(69)59-81-85(75,76)82-61-64(83-67(72)55-52-49-46-43-40-35-24-21-18-15-12-9-6-3)60-78-66(71)54-51-48-45-42-39-36-33-26-23-20-17-14-11-8-5-2/h7-8,10-12,15-17,19-21,24-27,29-30,32-34,62-64,68-69H,4-6,9,13-14,18,22-23,28,31,35-61H2,1-3H3,(H,73,74)(H,75,76)/b10-7-,11-8-,15-12-,19-16-,20-17-,24-21-,27-25-,30-29-,33-26-,34-32-. The summed E-state index contributed by atoms with van der Waals surface area (Å²) in [6.07, 6.45) is 66.9. The van der Waals surface area contributed by atoms with Gasteiger partial charge in [-0.3, -0.25) is 32.5 Å². The fraction of sp³-hybridized carbons (Fsp3) is 0.657. The molecule has 0 rings (SSSR count). The quantitative estimate of drug-likeness (QED) is 0.0146. The maximum Gasteiger partial charge on any atom is 0.472 e. The summed E-state index contributed by atoms with van der Waals surface area (Å²) in [6.45, 7) is 2.28. The van der Waals surface area contributed by atoms with Gasteiger partial charge in [-0.1, -0.05) is 206 Å². The van der Waals surface area contributed by atoms with Gasteiger partial charge in [0, 0.05) is 19.3 Å². The SMILES string of the molecule is CC/C=C\C/C=C\C/C=C\C/C=C\C/C=C\CCCCCCCC(=O)OCC(O)COP(=O)(O)OCC(O)COP(=O)(O)OCC(COC(=O)CCCCCCC/C=C\C/C=C\C/C=C\CC)OC(=O)CCCCCCC/C=C\C/C=C\CCC. The van der Waals surface area contributed by atoms with Crippen LogP contribution >= 0.6 is 15.6 Å². The highest BCUT2D eigenvalue weighted by molar-refractivity contribution is 7.47. The molecule has 0 spiro atoms.